The minimum Gasteiger partial charge on any atom is -0.433 e. The number of nitrogens with zero attached hydrogens (tertiary/aromatic N) is 2. The number of amides is 2. The molecule has 1 N–H and O–H groups in total. The molecule has 122 valence electrons. The SMILES string of the molecule is COCCN(C)C(=O)Nc1cc([N+](=O)[O-])ccc1OC(F)F. The smallest absolute Gasteiger partial charge is 0.387 e. The average Bonchev–Trinajstić information content (AvgIpc) is 2.45. The summed E-state index contributed by atoms with van der Waals surface area (Å²) in [5.74, 6) is -0.367. The van der Waals surface area contributed by atoms with Gasteiger partial charge >= 0.3 is 12.6 Å². The number of rotatable bonds is 7. The first-order chi connectivity index (χ1) is 10.3. The van der Waals surface area contributed by atoms with Gasteiger partial charge in [0.25, 0.3) is 5.69 Å². The fourth-order valence-electron chi connectivity index (χ4n) is 1.47. The number of hydrogen-bond donors (Lipinski definition) is 1. The molecule has 10 heteroatoms. The molecule has 0 aliphatic rings. The Morgan fingerprint density at radius 1 is 1.50 bits per heavy atom. The summed E-state index contributed by atoms with van der Waals surface area (Å²) in [6.07, 6.45) is 0. The van der Waals surface area contributed by atoms with Crippen LogP contribution in [0, 0.1) is 10.1 Å². The van der Waals surface area contributed by atoms with Gasteiger partial charge in [0, 0.05) is 32.8 Å². The van der Waals surface area contributed by atoms with Crippen molar-refractivity contribution in [3.05, 3.63) is 28.3 Å². The van der Waals surface area contributed by atoms with E-state index in [1.165, 1.54) is 19.1 Å². The molecule has 0 aromatic heterocycles. The van der Waals surface area contributed by atoms with Crippen molar-refractivity contribution in [3.8, 4) is 5.75 Å². The average molecular weight is 319 g/mol. The molecule has 1 aromatic rings. The minimum atomic E-state index is -3.12. The van der Waals surface area contributed by atoms with E-state index in [0.717, 1.165) is 18.2 Å². The maximum Gasteiger partial charge on any atom is 0.387 e. The molecular formula is C12H15F2N3O5. The molecule has 8 nitrogen and oxygen atoms in total. The number of carbonyl (C=O) groups excluding carboxylic acids is 1. The summed E-state index contributed by atoms with van der Waals surface area (Å²) in [7, 11) is 2.92. The summed E-state index contributed by atoms with van der Waals surface area (Å²) >= 11 is 0. The molecule has 0 fully saturated rings. The number of nitro benzene ring substituents is 1. The van der Waals surface area contributed by atoms with Crippen LogP contribution in [0.1, 0.15) is 0 Å². The molecule has 0 aliphatic heterocycles. The predicted octanol–water partition coefficient (Wildman–Crippen LogP) is 2.31. The fourth-order valence-corrected chi connectivity index (χ4v) is 1.47. The number of likely N-dealkylation sites (N-methyl/N-ethyl adjacent to an activating group) is 1. The summed E-state index contributed by atoms with van der Waals surface area (Å²) in [5.41, 5.74) is -0.583. The van der Waals surface area contributed by atoms with Gasteiger partial charge in [-0.05, 0) is 6.07 Å². The zero-order valence-corrected chi connectivity index (χ0v) is 11.9. The number of ether oxygens (including phenoxy) is 2. The molecule has 0 radical (unpaired) electrons. The highest BCUT2D eigenvalue weighted by atomic mass is 19.3. The van der Waals surface area contributed by atoms with Crippen LogP contribution in [0.15, 0.2) is 18.2 Å². The van der Waals surface area contributed by atoms with Crippen molar-refractivity contribution in [1.29, 1.82) is 0 Å². The molecule has 0 heterocycles. The lowest BCUT2D eigenvalue weighted by Crippen LogP contribution is -2.34. The van der Waals surface area contributed by atoms with Gasteiger partial charge in [-0.2, -0.15) is 8.78 Å². The lowest BCUT2D eigenvalue weighted by Gasteiger charge is -2.18. The molecule has 0 saturated carbocycles. The van der Waals surface area contributed by atoms with E-state index in [0.29, 0.717) is 0 Å². The molecule has 0 bridgehead atoms. The van der Waals surface area contributed by atoms with E-state index in [-0.39, 0.29) is 30.3 Å². The Labute approximate surface area is 124 Å². The molecule has 1 rings (SSSR count). The third-order valence-corrected chi connectivity index (χ3v) is 2.61. The summed E-state index contributed by atoms with van der Waals surface area (Å²) in [6.45, 7) is -2.59. The number of urea groups is 1. The second-order valence-electron chi connectivity index (χ2n) is 4.16. The molecule has 0 unspecified atom stereocenters. The Morgan fingerprint density at radius 2 is 2.18 bits per heavy atom. The molecule has 22 heavy (non-hydrogen) atoms. The quantitative estimate of drug-likeness (QED) is 0.615. The van der Waals surface area contributed by atoms with Crippen LogP contribution in [-0.2, 0) is 4.74 Å². The van der Waals surface area contributed by atoms with Gasteiger partial charge in [-0.1, -0.05) is 0 Å². The van der Waals surface area contributed by atoms with Gasteiger partial charge in [-0.15, -0.1) is 0 Å². The topological polar surface area (TPSA) is 93.9 Å². The van der Waals surface area contributed by atoms with E-state index >= 15 is 0 Å². The van der Waals surface area contributed by atoms with Crippen molar-refractivity contribution < 1.29 is 28.0 Å². The number of hydrogen-bond acceptors (Lipinski definition) is 5. The largest absolute Gasteiger partial charge is 0.433 e. The summed E-state index contributed by atoms with van der Waals surface area (Å²) in [6, 6.07) is 2.30. The Bertz CT molecular complexity index is 541. The second kappa shape index (κ2) is 8.08. The van der Waals surface area contributed by atoms with Gasteiger partial charge < -0.3 is 19.7 Å². The highest BCUT2D eigenvalue weighted by Crippen LogP contribution is 2.30. The first-order valence-corrected chi connectivity index (χ1v) is 6.09. The molecule has 2 amide bonds. The Hall–Kier alpha value is -2.49. The number of nitrogens with one attached hydrogen (secondary N) is 1. The fraction of sp³-hybridized carbons (Fsp3) is 0.417. The molecule has 0 aliphatic carbocycles. The van der Waals surface area contributed by atoms with E-state index in [2.05, 4.69) is 10.1 Å². The van der Waals surface area contributed by atoms with E-state index < -0.39 is 17.6 Å². The van der Waals surface area contributed by atoms with Gasteiger partial charge in [-0.3, -0.25) is 10.1 Å². The van der Waals surface area contributed by atoms with Crippen LogP contribution in [0.3, 0.4) is 0 Å². The van der Waals surface area contributed by atoms with Crippen molar-refractivity contribution in [1.82, 2.24) is 4.90 Å². The van der Waals surface area contributed by atoms with E-state index in [1.54, 1.807) is 0 Å². The van der Waals surface area contributed by atoms with E-state index in [1.807, 2.05) is 0 Å². The van der Waals surface area contributed by atoms with Crippen molar-refractivity contribution >= 4 is 17.4 Å². The van der Waals surface area contributed by atoms with Crippen LogP contribution in [0.25, 0.3) is 0 Å². The van der Waals surface area contributed by atoms with Crippen LogP contribution in [0.4, 0.5) is 25.0 Å². The number of non-ortho nitro benzene ring substituents is 1. The highest BCUT2D eigenvalue weighted by molar-refractivity contribution is 5.91. The van der Waals surface area contributed by atoms with Gasteiger partial charge in [0.05, 0.1) is 17.2 Å². The normalized spacial score (nSPS) is 10.4. The maximum absolute atomic E-state index is 12.3. The number of benzene rings is 1. The van der Waals surface area contributed by atoms with Gasteiger partial charge in [-0.25, -0.2) is 4.79 Å². The lowest BCUT2D eigenvalue weighted by atomic mass is 10.2. The molecular weight excluding hydrogens is 304 g/mol. The highest BCUT2D eigenvalue weighted by Gasteiger charge is 2.18. The van der Waals surface area contributed by atoms with Crippen LogP contribution in [0.5, 0.6) is 5.75 Å². The molecule has 0 spiro atoms. The van der Waals surface area contributed by atoms with Crippen molar-refractivity contribution in [2.45, 2.75) is 6.61 Å². The van der Waals surface area contributed by atoms with Crippen LogP contribution in [0.2, 0.25) is 0 Å². The molecule has 1 aromatic carbocycles. The van der Waals surface area contributed by atoms with Gasteiger partial charge in [0.1, 0.15) is 5.75 Å². The Kier molecular flexibility index (Phi) is 6.45. The summed E-state index contributed by atoms with van der Waals surface area (Å²) < 4.78 is 33.7. The first kappa shape index (κ1) is 17.6. The van der Waals surface area contributed by atoms with Crippen molar-refractivity contribution in [3.63, 3.8) is 0 Å². The third-order valence-electron chi connectivity index (χ3n) is 2.61. The Balaban J connectivity index is 2.95. The van der Waals surface area contributed by atoms with Crippen molar-refractivity contribution in [2.24, 2.45) is 0 Å². The van der Waals surface area contributed by atoms with E-state index in [9.17, 15) is 23.7 Å². The van der Waals surface area contributed by atoms with Crippen LogP contribution in [-0.4, -0.2) is 49.8 Å². The van der Waals surface area contributed by atoms with Gasteiger partial charge in [0.15, 0.2) is 0 Å². The standard InChI is InChI=1S/C12H15F2N3O5/c1-16(5-6-21-2)12(18)15-9-7-8(17(19)20)3-4-10(9)22-11(13)14/h3-4,7,11H,5-6H2,1-2H3,(H,15,18). The minimum absolute atomic E-state index is 0.219. The molecule has 0 atom stereocenters. The number of nitro groups is 1. The van der Waals surface area contributed by atoms with Crippen LogP contribution >= 0.6 is 0 Å². The molecule has 0 saturated heterocycles. The lowest BCUT2D eigenvalue weighted by molar-refractivity contribution is -0.384. The number of halogens is 2. The zero-order valence-electron chi connectivity index (χ0n) is 11.9. The maximum atomic E-state index is 12.3. The van der Waals surface area contributed by atoms with E-state index in [4.69, 9.17) is 4.74 Å². The summed E-state index contributed by atoms with van der Waals surface area (Å²) in [4.78, 5) is 23.1. The second-order valence-corrected chi connectivity index (χ2v) is 4.16. The van der Waals surface area contributed by atoms with Crippen LogP contribution < -0.4 is 10.1 Å². The number of alkyl halides is 2. The predicted molar refractivity (Wildman–Crippen MR) is 73.3 cm³/mol. The summed E-state index contributed by atoms with van der Waals surface area (Å²) in [5, 5.41) is 13.0. The number of anilines is 1. The number of carbonyl (C=O) groups is 1. The monoisotopic (exact) mass is 319 g/mol. The first-order valence-electron chi connectivity index (χ1n) is 6.09. The third kappa shape index (κ3) is 5.13. The van der Waals surface area contributed by atoms with Crippen molar-refractivity contribution in [2.75, 3.05) is 32.6 Å². The Morgan fingerprint density at radius 3 is 2.73 bits per heavy atom. The van der Waals surface area contributed by atoms with Gasteiger partial charge in [0.2, 0.25) is 0 Å². The number of methoxy groups -OCH3 is 1. The zero-order chi connectivity index (χ0) is 16.7.